The predicted molar refractivity (Wildman–Crippen MR) is 103 cm³/mol. The SMILES string of the molecule is CN=C(NCc1ccc(OC)c(OC(F)F)c1)NCc1ccc(C)cc1C. The number of nitrogens with one attached hydrogen (secondary N) is 2. The number of guanidine groups is 1. The van der Waals surface area contributed by atoms with Crippen molar-refractivity contribution in [2.75, 3.05) is 14.2 Å². The van der Waals surface area contributed by atoms with Crippen LogP contribution in [0.25, 0.3) is 0 Å². The fourth-order valence-corrected chi connectivity index (χ4v) is 2.65. The summed E-state index contributed by atoms with van der Waals surface area (Å²) in [5.41, 5.74) is 4.38. The zero-order chi connectivity index (χ0) is 19.8. The van der Waals surface area contributed by atoms with Crippen LogP contribution in [0.3, 0.4) is 0 Å². The van der Waals surface area contributed by atoms with E-state index in [1.165, 1.54) is 29.9 Å². The second-order valence-electron chi connectivity index (χ2n) is 6.07. The molecule has 2 aromatic rings. The Labute approximate surface area is 158 Å². The highest BCUT2D eigenvalue weighted by molar-refractivity contribution is 5.79. The summed E-state index contributed by atoms with van der Waals surface area (Å²) in [5.74, 6) is 0.878. The molecule has 0 heterocycles. The van der Waals surface area contributed by atoms with Gasteiger partial charge in [0.15, 0.2) is 17.5 Å². The fraction of sp³-hybridized carbons (Fsp3) is 0.350. The number of benzene rings is 2. The molecule has 0 amide bonds. The van der Waals surface area contributed by atoms with Crippen molar-refractivity contribution in [3.63, 3.8) is 0 Å². The van der Waals surface area contributed by atoms with Crippen molar-refractivity contribution in [2.45, 2.75) is 33.5 Å². The van der Waals surface area contributed by atoms with Crippen LogP contribution in [0.15, 0.2) is 41.4 Å². The number of hydrogen-bond acceptors (Lipinski definition) is 3. The molecular weight excluding hydrogens is 352 g/mol. The molecule has 2 rings (SSSR count). The van der Waals surface area contributed by atoms with Gasteiger partial charge in [0.25, 0.3) is 0 Å². The van der Waals surface area contributed by atoms with Gasteiger partial charge in [-0.2, -0.15) is 8.78 Å². The number of methoxy groups -OCH3 is 1. The number of ether oxygens (including phenoxy) is 2. The third-order valence-electron chi connectivity index (χ3n) is 4.07. The van der Waals surface area contributed by atoms with E-state index in [2.05, 4.69) is 52.4 Å². The van der Waals surface area contributed by atoms with Crippen LogP contribution in [-0.2, 0) is 13.1 Å². The van der Waals surface area contributed by atoms with E-state index in [-0.39, 0.29) is 11.5 Å². The maximum absolute atomic E-state index is 12.5. The Bertz CT molecular complexity index is 795. The largest absolute Gasteiger partial charge is 0.493 e. The van der Waals surface area contributed by atoms with E-state index in [4.69, 9.17) is 4.74 Å². The van der Waals surface area contributed by atoms with E-state index in [1.54, 1.807) is 19.2 Å². The van der Waals surface area contributed by atoms with Crippen LogP contribution >= 0.6 is 0 Å². The Kier molecular flexibility index (Phi) is 7.40. The number of nitrogens with zero attached hydrogens (tertiary/aromatic N) is 1. The number of rotatable bonds is 7. The highest BCUT2D eigenvalue weighted by Gasteiger charge is 2.11. The number of halogens is 2. The van der Waals surface area contributed by atoms with Gasteiger partial charge in [0.1, 0.15) is 0 Å². The molecule has 0 spiro atoms. The Balaban J connectivity index is 1.97. The van der Waals surface area contributed by atoms with Gasteiger partial charge < -0.3 is 20.1 Å². The molecule has 0 aromatic heterocycles. The van der Waals surface area contributed by atoms with Crippen molar-refractivity contribution >= 4 is 5.96 Å². The smallest absolute Gasteiger partial charge is 0.387 e. The van der Waals surface area contributed by atoms with E-state index in [1.807, 2.05) is 0 Å². The lowest BCUT2D eigenvalue weighted by Gasteiger charge is -2.15. The van der Waals surface area contributed by atoms with Crippen LogP contribution in [0.5, 0.6) is 11.5 Å². The molecular formula is C20H25F2N3O2. The summed E-state index contributed by atoms with van der Waals surface area (Å²) in [6.07, 6.45) is 0. The first-order chi connectivity index (χ1) is 12.9. The number of aryl methyl sites for hydroxylation is 2. The molecule has 0 aliphatic heterocycles. The summed E-state index contributed by atoms with van der Waals surface area (Å²) in [6, 6.07) is 11.2. The molecule has 0 radical (unpaired) electrons. The molecule has 0 saturated heterocycles. The molecule has 0 aliphatic carbocycles. The first-order valence-corrected chi connectivity index (χ1v) is 8.55. The van der Waals surface area contributed by atoms with Crippen molar-refractivity contribution in [1.82, 2.24) is 10.6 Å². The Hall–Kier alpha value is -2.83. The topological polar surface area (TPSA) is 54.9 Å². The molecule has 0 aliphatic rings. The molecule has 0 atom stereocenters. The van der Waals surface area contributed by atoms with Crippen LogP contribution in [-0.4, -0.2) is 26.7 Å². The van der Waals surface area contributed by atoms with Gasteiger partial charge >= 0.3 is 6.61 Å². The maximum Gasteiger partial charge on any atom is 0.387 e. The van der Waals surface area contributed by atoms with Gasteiger partial charge in [-0.3, -0.25) is 4.99 Å². The number of aliphatic imine (C=N–C) groups is 1. The summed E-state index contributed by atoms with van der Waals surface area (Å²) in [7, 11) is 3.08. The third-order valence-corrected chi connectivity index (χ3v) is 4.07. The lowest BCUT2D eigenvalue weighted by atomic mass is 10.1. The van der Waals surface area contributed by atoms with E-state index < -0.39 is 6.61 Å². The second-order valence-corrected chi connectivity index (χ2v) is 6.07. The summed E-state index contributed by atoms with van der Waals surface area (Å²) in [5, 5.41) is 6.41. The van der Waals surface area contributed by atoms with E-state index in [9.17, 15) is 8.78 Å². The van der Waals surface area contributed by atoms with Gasteiger partial charge in [0, 0.05) is 20.1 Å². The van der Waals surface area contributed by atoms with Gasteiger partial charge in [-0.1, -0.05) is 29.8 Å². The zero-order valence-electron chi connectivity index (χ0n) is 16.0. The lowest BCUT2D eigenvalue weighted by Crippen LogP contribution is -2.36. The minimum absolute atomic E-state index is 0.00465. The molecule has 0 unspecified atom stereocenters. The average molecular weight is 377 g/mol. The van der Waals surface area contributed by atoms with Gasteiger partial charge in [0.05, 0.1) is 7.11 Å². The monoisotopic (exact) mass is 377 g/mol. The van der Waals surface area contributed by atoms with Crippen LogP contribution in [0.2, 0.25) is 0 Å². The Morgan fingerprint density at radius 1 is 1.04 bits per heavy atom. The molecule has 5 nitrogen and oxygen atoms in total. The molecule has 2 aromatic carbocycles. The van der Waals surface area contributed by atoms with E-state index in [0.717, 1.165) is 5.56 Å². The standard InChI is InChI=1S/C20H25F2N3O2/c1-13-5-7-16(14(2)9-13)12-25-20(23-3)24-11-15-6-8-17(26-4)18(10-15)27-19(21)22/h5-10,19H,11-12H2,1-4H3,(H2,23,24,25). The Morgan fingerprint density at radius 2 is 1.78 bits per heavy atom. The van der Waals surface area contributed by atoms with Crippen LogP contribution in [0.1, 0.15) is 22.3 Å². The number of alkyl halides is 2. The summed E-state index contributed by atoms with van der Waals surface area (Å²) in [4.78, 5) is 4.19. The highest BCUT2D eigenvalue weighted by atomic mass is 19.3. The second kappa shape index (κ2) is 9.75. The molecule has 27 heavy (non-hydrogen) atoms. The van der Waals surface area contributed by atoms with Crippen molar-refractivity contribution in [3.8, 4) is 11.5 Å². The summed E-state index contributed by atoms with van der Waals surface area (Å²) in [6.45, 7) is 2.26. The van der Waals surface area contributed by atoms with E-state index >= 15 is 0 Å². The zero-order valence-corrected chi connectivity index (χ0v) is 16.0. The highest BCUT2D eigenvalue weighted by Crippen LogP contribution is 2.29. The van der Waals surface area contributed by atoms with Gasteiger partial charge in [-0.05, 0) is 42.7 Å². The van der Waals surface area contributed by atoms with Gasteiger partial charge in [-0.15, -0.1) is 0 Å². The lowest BCUT2D eigenvalue weighted by molar-refractivity contribution is -0.0512. The quantitative estimate of drug-likeness (QED) is 0.570. The maximum atomic E-state index is 12.5. The molecule has 2 N–H and O–H groups in total. The minimum atomic E-state index is -2.91. The third kappa shape index (κ3) is 6.13. The normalized spacial score (nSPS) is 11.4. The van der Waals surface area contributed by atoms with Crippen molar-refractivity contribution in [2.24, 2.45) is 4.99 Å². The molecule has 0 bridgehead atoms. The van der Waals surface area contributed by atoms with Crippen LogP contribution in [0, 0.1) is 13.8 Å². The molecule has 146 valence electrons. The molecule has 7 heteroatoms. The predicted octanol–water partition coefficient (Wildman–Crippen LogP) is 3.78. The average Bonchev–Trinajstić information content (AvgIpc) is 2.63. The van der Waals surface area contributed by atoms with Crippen LogP contribution < -0.4 is 20.1 Å². The van der Waals surface area contributed by atoms with Crippen molar-refractivity contribution in [1.29, 1.82) is 0 Å². The first-order valence-electron chi connectivity index (χ1n) is 8.55. The summed E-state index contributed by atoms with van der Waals surface area (Å²) < 4.78 is 34.6. The van der Waals surface area contributed by atoms with Gasteiger partial charge in [-0.25, -0.2) is 0 Å². The molecule has 0 saturated carbocycles. The summed E-state index contributed by atoms with van der Waals surface area (Å²) >= 11 is 0. The number of hydrogen-bond donors (Lipinski definition) is 2. The molecule has 0 fully saturated rings. The van der Waals surface area contributed by atoms with E-state index in [0.29, 0.717) is 19.0 Å². The van der Waals surface area contributed by atoms with Crippen molar-refractivity contribution in [3.05, 3.63) is 58.7 Å². The van der Waals surface area contributed by atoms with Crippen LogP contribution in [0.4, 0.5) is 8.78 Å². The van der Waals surface area contributed by atoms with Gasteiger partial charge in [0.2, 0.25) is 0 Å². The fourth-order valence-electron chi connectivity index (χ4n) is 2.65. The minimum Gasteiger partial charge on any atom is -0.493 e. The first kappa shape index (κ1) is 20.5. The van der Waals surface area contributed by atoms with Crippen molar-refractivity contribution < 1.29 is 18.3 Å². The Morgan fingerprint density at radius 3 is 2.41 bits per heavy atom.